The van der Waals surface area contributed by atoms with Gasteiger partial charge in [0.15, 0.2) is 5.65 Å². The van der Waals surface area contributed by atoms with Crippen LogP contribution in [0.5, 0.6) is 0 Å². The number of nitrogens with zero attached hydrogens (tertiary/aromatic N) is 3. The molecule has 0 aliphatic heterocycles. The third-order valence-electron chi connectivity index (χ3n) is 3.13. The molecule has 2 aromatic heterocycles. The van der Waals surface area contributed by atoms with Crippen molar-refractivity contribution in [3.8, 4) is 0 Å². The summed E-state index contributed by atoms with van der Waals surface area (Å²) >= 11 is 0. The summed E-state index contributed by atoms with van der Waals surface area (Å²) in [6, 6.07) is 3.98. The normalized spacial score (nSPS) is 13.2. The van der Waals surface area contributed by atoms with Crippen LogP contribution in [0.4, 0.5) is 0 Å². The molecule has 4 heteroatoms. The number of aryl methyl sites for hydroxylation is 1. The molecule has 2 rings (SSSR count). The third-order valence-corrected chi connectivity index (χ3v) is 3.13. The summed E-state index contributed by atoms with van der Waals surface area (Å²) in [5, 5.41) is 0. The van der Waals surface area contributed by atoms with Crippen LogP contribution in [0.1, 0.15) is 19.2 Å². The Kier molecular flexibility index (Phi) is 3.19. The molecule has 0 fully saturated rings. The number of aromatic nitrogens is 3. The minimum Gasteiger partial charge on any atom is -0.330 e. The Morgan fingerprint density at radius 2 is 2.31 bits per heavy atom. The van der Waals surface area contributed by atoms with Crippen molar-refractivity contribution in [2.75, 3.05) is 6.54 Å². The van der Waals surface area contributed by atoms with Gasteiger partial charge in [0.25, 0.3) is 0 Å². The van der Waals surface area contributed by atoms with E-state index >= 15 is 0 Å². The van der Waals surface area contributed by atoms with E-state index in [9.17, 15) is 0 Å². The van der Waals surface area contributed by atoms with Crippen molar-refractivity contribution >= 4 is 11.2 Å². The molecule has 2 N–H and O–H groups in total. The lowest BCUT2D eigenvalue weighted by Gasteiger charge is -2.11. The standard InChI is InChI=1S/C12H18N4/c1-3-9(8-13)7-11-15-12-10(16(11)2)5-4-6-14-12/h4-6,9H,3,7-8,13H2,1-2H3. The van der Waals surface area contributed by atoms with Crippen molar-refractivity contribution in [2.24, 2.45) is 18.7 Å². The van der Waals surface area contributed by atoms with Crippen molar-refractivity contribution in [2.45, 2.75) is 19.8 Å². The fraction of sp³-hybridized carbons (Fsp3) is 0.500. The highest BCUT2D eigenvalue weighted by molar-refractivity contribution is 5.71. The van der Waals surface area contributed by atoms with Gasteiger partial charge in [0.05, 0.1) is 5.52 Å². The Morgan fingerprint density at radius 3 is 2.94 bits per heavy atom. The van der Waals surface area contributed by atoms with Crippen LogP contribution < -0.4 is 5.73 Å². The summed E-state index contributed by atoms with van der Waals surface area (Å²) in [4.78, 5) is 8.80. The summed E-state index contributed by atoms with van der Waals surface area (Å²) < 4.78 is 2.11. The Balaban J connectivity index is 2.34. The van der Waals surface area contributed by atoms with Gasteiger partial charge in [-0.15, -0.1) is 0 Å². The van der Waals surface area contributed by atoms with E-state index in [-0.39, 0.29) is 0 Å². The van der Waals surface area contributed by atoms with Gasteiger partial charge in [-0.25, -0.2) is 9.97 Å². The maximum Gasteiger partial charge on any atom is 0.177 e. The smallest absolute Gasteiger partial charge is 0.177 e. The highest BCUT2D eigenvalue weighted by Gasteiger charge is 2.12. The molecule has 4 nitrogen and oxygen atoms in total. The topological polar surface area (TPSA) is 56.7 Å². The average Bonchev–Trinajstić information content (AvgIpc) is 2.64. The molecule has 0 radical (unpaired) electrons. The minimum absolute atomic E-state index is 0.510. The Labute approximate surface area is 95.5 Å². The number of hydrogen-bond donors (Lipinski definition) is 1. The van der Waals surface area contributed by atoms with E-state index in [0.29, 0.717) is 12.5 Å². The molecule has 0 bridgehead atoms. The highest BCUT2D eigenvalue weighted by Crippen LogP contribution is 2.15. The number of fused-ring (bicyclic) bond motifs is 1. The van der Waals surface area contributed by atoms with E-state index in [0.717, 1.165) is 29.8 Å². The number of pyridine rings is 1. The van der Waals surface area contributed by atoms with Crippen molar-refractivity contribution in [3.63, 3.8) is 0 Å². The molecule has 0 amide bonds. The van der Waals surface area contributed by atoms with Gasteiger partial charge in [0.1, 0.15) is 5.82 Å². The Hall–Kier alpha value is -1.42. The molecule has 0 aliphatic carbocycles. The van der Waals surface area contributed by atoms with Gasteiger partial charge in [0, 0.05) is 19.7 Å². The molecule has 16 heavy (non-hydrogen) atoms. The molecule has 2 aromatic rings. The molecule has 0 spiro atoms. The van der Waals surface area contributed by atoms with Crippen LogP contribution in [0.25, 0.3) is 11.2 Å². The van der Waals surface area contributed by atoms with Gasteiger partial charge in [-0.2, -0.15) is 0 Å². The number of nitrogens with two attached hydrogens (primary N) is 1. The second-order valence-corrected chi connectivity index (χ2v) is 4.15. The second-order valence-electron chi connectivity index (χ2n) is 4.15. The first-order chi connectivity index (χ1) is 7.76. The lowest BCUT2D eigenvalue weighted by Crippen LogP contribution is -2.17. The van der Waals surface area contributed by atoms with Gasteiger partial charge in [-0.3, -0.25) is 0 Å². The number of hydrogen-bond acceptors (Lipinski definition) is 3. The molecular formula is C12H18N4. The average molecular weight is 218 g/mol. The van der Waals surface area contributed by atoms with Crippen LogP contribution in [-0.2, 0) is 13.5 Å². The van der Waals surface area contributed by atoms with Crippen LogP contribution in [0.2, 0.25) is 0 Å². The fourth-order valence-electron chi connectivity index (χ4n) is 1.91. The fourth-order valence-corrected chi connectivity index (χ4v) is 1.91. The zero-order valence-electron chi connectivity index (χ0n) is 9.85. The summed E-state index contributed by atoms with van der Waals surface area (Å²) in [5.74, 6) is 1.58. The van der Waals surface area contributed by atoms with E-state index in [2.05, 4.69) is 21.5 Å². The van der Waals surface area contributed by atoms with Crippen LogP contribution in [0.3, 0.4) is 0 Å². The monoisotopic (exact) mass is 218 g/mol. The molecule has 0 saturated heterocycles. The molecule has 0 aromatic carbocycles. The van der Waals surface area contributed by atoms with Gasteiger partial charge in [0.2, 0.25) is 0 Å². The summed E-state index contributed by atoms with van der Waals surface area (Å²) in [5.41, 5.74) is 7.64. The SMILES string of the molecule is CCC(CN)Cc1nc2ncccc2n1C. The van der Waals surface area contributed by atoms with Crippen molar-refractivity contribution < 1.29 is 0 Å². The highest BCUT2D eigenvalue weighted by atomic mass is 15.1. The van der Waals surface area contributed by atoms with Crippen LogP contribution in [0.15, 0.2) is 18.3 Å². The summed E-state index contributed by atoms with van der Waals surface area (Å²) in [6.45, 7) is 2.88. The molecule has 1 atom stereocenters. The predicted molar refractivity (Wildman–Crippen MR) is 65.0 cm³/mol. The maximum atomic E-state index is 5.72. The predicted octanol–water partition coefficient (Wildman–Crippen LogP) is 1.50. The van der Waals surface area contributed by atoms with E-state index in [1.165, 1.54) is 0 Å². The van der Waals surface area contributed by atoms with Gasteiger partial charge in [-0.1, -0.05) is 13.3 Å². The zero-order valence-corrected chi connectivity index (χ0v) is 9.85. The largest absolute Gasteiger partial charge is 0.330 e. The van der Waals surface area contributed by atoms with Gasteiger partial charge >= 0.3 is 0 Å². The minimum atomic E-state index is 0.510. The van der Waals surface area contributed by atoms with Crippen LogP contribution in [-0.4, -0.2) is 21.1 Å². The second kappa shape index (κ2) is 4.61. The first-order valence-corrected chi connectivity index (χ1v) is 5.72. The molecule has 86 valence electrons. The Morgan fingerprint density at radius 1 is 1.50 bits per heavy atom. The molecule has 2 heterocycles. The lowest BCUT2D eigenvalue weighted by atomic mass is 10.0. The van der Waals surface area contributed by atoms with E-state index in [1.807, 2.05) is 19.2 Å². The molecular weight excluding hydrogens is 200 g/mol. The van der Waals surface area contributed by atoms with E-state index in [4.69, 9.17) is 5.73 Å². The summed E-state index contributed by atoms with van der Waals surface area (Å²) in [7, 11) is 2.04. The van der Waals surface area contributed by atoms with Crippen LogP contribution >= 0.6 is 0 Å². The quantitative estimate of drug-likeness (QED) is 0.846. The third kappa shape index (κ3) is 1.93. The Bertz CT molecular complexity index is 471. The number of rotatable bonds is 4. The maximum absolute atomic E-state index is 5.72. The van der Waals surface area contributed by atoms with E-state index in [1.54, 1.807) is 6.20 Å². The van der Waals surface area contributed by atoms with Crippen molar-refractivity contribution in [3.05, 3.63) is 24.2 Å². The first-order valence-electron chi connectivity index (χ1n) is 5.72. The van der Waals surface area contributed by atoms with Crippen molar-refractivity contribution in [1.29, 1.82) is 0 Å². The summed E-state index contributed by atoms with van der Waals surface area (Å²) in [6.07, 6.45) is 3.80. The van der Waals surface area contributed by atoms with Gasteiger partial charge in [-0.05, 0) is 24.6 Å². The lowest BCUT2D eigenvalue weighted by molar-refractivity contribution is 0.499. The molecule has 1 unspecified atom stereocenters. The zero-order chi connectivity index (χ0) is 11.5. The molecule has 0 aliphatic rings. The van der Waals surface area contributed by atoms with E-state index < -0.39 is 0 Å². The number of imidazole rings is 1. The van der Waals surface area contributed by atoms with Gasteiger partial charge < -0.3 is 10.3 Å². The first kappa shape index (κ1) is 11.1. The van der Waals surface area contributed by atoms with Crippen LogP contribution in [0, 0.1) is 5.92 Å². The van der Waals surface area contributed by atoms with Crippen molar-refractivity contribution in [1.82, 2.24) is 14.5 Å². The molecule has 0 saturated carbocycles.